The second-order valence-electron chi connectivity index (χ2n) is 5.19. The molecule has 2 atom stereocenters. The highest BCUT2D eigenvalue weighted by Gasteiger charge is 2.38. The van der Waals surface area contributed by atoms with Gasteiger partial charge in [0.05, 0.1) is 5.92 Å². The number of rotatable bonds is 6. The highest BCUT2D eigenvalue weighted by molar-refractivity contribution is 6.31. The first-order valence-corrected chi connectivity index (χ1v) is 7.37. The summed E-state index contributed by atoms with van der Waals surface area (Å²) in [5, 5.41) is 9.80. The summed E-state index contributed by atoms with van der Waals surface area (Å²) in [6.07, 6.45) is 0. The third-order valence-corrected chi connectivity index (χ3v) is 3.82. The van der Waals surface area contributed by atoms with Crippen LogP contribution in [0.3, 0.4) is 0 Å². The van der Waals surface area contributed by atoms with Crippen LogP contribution < -0.4 is 0 Å². The fraction of sp³-hybridized carbons (Fsp3) is 0.167. The van der Waals surface area contributed by atoms with E-state index < -0.39 is 29.4 Å². The van der Waals surface area contributed by atoms with Gasteiger partial charge in [0.15, 0.2) is 5.78 Å². The normalized spacial score (nSPS) is 13.1. The molecule has 0 aliphatic heterocycles. The number of carboxylic acid groups (broad SMARTS) is 1. The van der Waals surface area contributed by atoms with E-state index in [4.69, 9.17) is 11.6 Å². The Kier molecular flexibility index (Phi) is 5.29. The molecule has 0 aromatic heterocycles. The van der Waals surface area contributed by atoms with Crippen molar-refractivity contribution in [2.24, 2.45) is 5.92 Å². The molecule has 2 unspecified atom stereocenters. The molecule has 2 rings (SSSR count). The molecular formula is C18H15ClO4. The maximum atomic E-state index is 12.9. The average molecular weight is 331 g/mol. The summed E-state index contributed by atoms with van der Waals surface area (Å²) in [6, 6.07) is 14.7. The maximum Gasteiger partial charge on any atom is 0.315 e. The number of hydrogen-bond donors (Lipinski definition) is 1. The topological polar surface area (TPSA) is 71.4 Å². The number of benzene rings is 2. The largest absolute Gasteiger partial charge is 0.481 e. The number of Topliss-reactive ketones (excluding diaryl/α,β-unsaturated/α-hetero) is 2. The van der Waals surface area contributed by atoms with Crippen molar-refractivity contribution in [2.75, 3.05) is 0 Å². The summed E-state index contributed by atoms with van der Waals surface area (Å²) >= 11 is 5.91. The third-order valence-electron chi connectivity index (χ3n) is 3.59. The fourth-order valence-corrected chi connectivity index (χ4v) is 2.72. The molecule has 0 spiro atoms. The lowest BCUT2D eigenvalue weighted by atomic mass is 9.78. The molecule has 4 nitrogen and oxygen atoms in total. The minimum Gasteiger partial charge on any atom is -0.481 e. The predicted octanol–water partition coefficient (Wildman–Crippen LogP) is 3.60. The van der Waals surface area contributed by atoms with Crippen molar-refractivity contribution in [2.45, 2.75) is 12.8 Å². The molecule has 0 saturated heterocycles. The van der Waals surface area contributed by atoms with Crippen molar-refractivity contribution in [1.29, 1.82) is 0 Å². The van der Waals surface area contributed by atoms with Gasteiger partial charge in [-0.05, 0) is 24.6 Å². The Morgan fingerprint density at radius 2 is 1.65 bits per heavy atom. The molecule has 2 aromatic carbocycles. The number of aliphatic carboxylic acids is 1. The van der Waals surface area contributed by atoms with Gasteiger partial charge < -0.3 is 5.11 Å². The molecule has 0 bridgehead atoms. The van der Waals surface area contributed by atoms with Crippen LogP contribution in [0.25, 0.3) is 0 Å². The lowest BCUT2D eigenvalue weighted by Crippen LogP contribution is -2.33. The van der Waals surface area contributed by atoms with Crippen LogP contribution in [-0.4, -0.2) is 22.6 Å². The van der Waals surface area contributed by atoms with Crippen molar-refractivity contribution >= 4 is 29.1 Å². The van der Waals surface area contributed by atoms with Gasteiger partial charge in [0, 0.05) is 10.6 Å². The maximum absolute atomic E-state index is 12.9. The van der Waals surface area contributed by atoms with Gasteiger partial charge in [-0.15, -0.1) is 0 Å². The Morgan fingerprint density at radius 1 is 1.00 bits per heavy atom. The van der Waals surface area contributed by atoms with Gasteiger partial charge in [-0.25, -0.2) is 0 Å². The van der Waals surface area contributed by atoms with Crippen molar-refractivity contribution in [1.82, 2.24) is 0 Å². The van der Waals surface area contributed by atoms with Crippen molar-refractivity contribution in [3.8, 4) is 0 Å². The van der Waals surface area contributed by atoms with E-state index >= 15 is 0 Å². The molecular weight excluding hydrogens is 316 g/mol. The number of carbonyl (C=O) groups excluding carboxylic acids is 2. The van der Waals surface area contributed by atoms with E-state index in [2.05, 4.69) is 0 Å². The van der Waals surface area contributed by atoms with Crippen LogP contribution in [0.4, 0.5) is 0 Å². The summed E-state index contributed by atoms with van der Waals surface area (Å²) in [5.74, 6) is -4.86. The van der Waals surface area contributed by atoms with Crippen LogP contribution in [0.1, 0.15) is 28.8 Å². The molecule has 0 fully saturated rings. The van der Waals surface area contributed by atoms with Gasteiger partial charge >= 0.3 is 5.97 Å². The van der Waals surface area contributed by atoms with E-state index in [9.17, 15) is 19.5 Å². The summed E-state index contributed by atoms with van der Waals surface area (Å²) in [6.45, 7) is 1.18. The zero-order valence-corrected chi connectivity index (χ0v) is 13.2. The average Bonchev–Trinajstić information content (AvgIpc) is 2.52. The zero-order chi connectivity index (χ0) is 17.0. The SMILES string of the molecule is CC(=O)C(C(=O)O)C(C(=O)c1cccc(Cl)c1)c1ccccc1. The fourth-order valence-electron chi connectivity index (χ4n) is 2.53. The van der Waals surface area contributed by atoms with E-state index in [0.717, 1.165) is 0 Å². The quantitative estimate of drug-likeness (QED) is 0.649. The van der Waals surface area contributed by atoms with Crippen LogP contribution in [0, 0.1) is 5.92 Å². The van der Waals surface area contributed by atoms with E-state index in [0.29, 0.717) is 10.6 Å². The summed E-state index contributed by atoms with van der Waals surface area (Å²) < 4.78 is 0. The van der Waals surface area contributed by atoms with Crippen molar-refractivity contribution in [3.63, 3.8) is 0 Å². The second kappa shape index (κ2) is 7.20. The van der Waals surface area contributed by atoms with Crippen molar-refractivity contribution < 1.29 is 19.5 Å². The minimum atomic E-state index is -1.44. The van der Waals surface area contributed by atoms with Gasteiger partial charge in [0.2, 0.25) is 0 Å². The van der Waals surface area contributed by atoms with E-state index in [-0.39, 0.29) is 5.56 Å². The molecule has 5 heteroatoms. The molecule has 2 aromatic rings. The van der Waals surface area contributed by atoms with Gasteiger partial charge in [0.25, 0.3) is 0 Å². The molecule has 0 amide bonds. The number of carbonyl (C=O) groups is 3. The Bertz CT molecular complexity index is 726. The predicted molar refractivity (Wildman–Crippen MR) is 86.8 cm³/mol. The van der Waals surface area contributed by atoms with E-state index in [1.54, 1.807) is 48.5 Å². The van der Waals surface area contributed by atoms with Crippen LogP contribution >= 0.6 is 11.6 Å². The smallest absolute Gasteiger partial charge is 0.315 e. The molecule has 0 saturated carbocycles. The monoisotopic (exact) mass is 330 g/mol. The number of ketones is 2. The molecule has 118 valence electrons. The first-order chi connectivity index (χ1) is 10.9. The second-order valence-corrected chi connectivity index (χ2v) is 5.63. The Hall–Kier alpha value is -2.46. The van der Waals surface area contributed by atoms with Crippen molar-refractivity contribution in [3.05, 3.63) is 70.7 Å². The Balaban J connectivity index is 2.55. The molecule has 0 aliphatic carbocycles. The molecule has 23 heavy (non-hydrogen) atoms. The highest BCUT2D eigenvalue weighted by atomic mass is 35.5. The van der Waals surface area contributed by atoms with E-state index in [1.165, 1.54) is 13.0 Å². The number of halogens is 1. The van der Waals surface area contributed by atoms with Gasteiger partial charge in [-0.1, -0.05) is 54.1 Å². The highest BCUT2D eigenvalue weighted by Crippen LogP contribution is 2.30. The molecule has 1 N–H and O–H groups in total. The molecule has 0 radical (unpaired) electrons. The number of hydrogen-bond acceptors (Lipinski definition) is 3. The zero-order valence-electron chi connectivity index (χ0n) is 12.4. The summed E-state index contributed by atoms with van der Waals surface area (Å²) in [4.78, 5) is 36.3. The number of carboxylic acids is 1. The minimum absolute atomic E-state index is 0.277. The van der Waals surface area contributed by atoms with E-state index in [1.807, 2.05) is 0 Å². The molecule has 0 heterocycles. The third kappa shape index (κ3) is 3.85. The summed E-state index contributed by atoms with van der Waals surface area (Å²) in [7, 11) is 0. The lowest BCUT2D eigenvalue weighted by Gasteiger charge is -2.21. The Labute approximate surface area is 138 Å². The van der Waals surface area contributed by atoms with Crippen LogP contribution in [0.15, 0.2) is 54.6 Å². The first kappa shape index (κ1) is 16.9. The lowest BCUT2D eigenvalue weighted by molar-refractivity contribution is -0.146. The first-order valence-electron chi connectivity index (χ1n) is 7.00. The van der Waals surface area contributed by atoms with Gasteiger partial charge in [-0.3, -0.25) is 14.4 Å². The van der Waals surface area contributed by atoms with Gasteiger partial charge in [-0.2, -0.15) is 0 Å². The molecule has 0 aliphatic rings. The van der Waals surface area contributed by atoms with Crippen LogP contribution in [0.5, 0.6) is 0 Å². The van der Waals surface area contributed by atoms with Crippen LogP contribution in [0.2, 0.25) is 5.02 Å². The van der Waals surface area contributed by atoms with Crippen LogP contribution in [-0.2, 0) is 9.59 Å². The summed E-state index contributed by atoms with van der Waals surface area (Å²) in [5.41, 5.74) is 0.763. The Morgan fingerprint density at radius 3 is 2.17 bits per heavy atom. The standard InChI is InChI=1S/C18H15ClO4/c1-11(20)15(18(22)23)16(12-6-3-2-4-7-12)17(21)13-8-5-9-14(19)10-13/h2-10,15-16H,1H3,(H,22,23). The van der Waals surface area contributed by atoms with Gasteiger partial charge in [0.1, 0.15) is 11.7 Å².